The second kappa shape index (κ2) is 8.45. The summed E-state index contributed by atoms with van der Waals surface area (Å²) in [7, 11) is 1.52. The van der Waals surface area contributed by atoms with Crippen molar-refractivity contribution in [2.75, 3.05) is 25.2 Å². The molecule has 0 saturated carbocycles. The summed E-state index contributed by atoms with van der Waals surface area (Å²) in [4.78, 5) is 26.0. The quantitative estimate of drug-likeness (QED) is 0.503. The Bertz CT molecular complexity index is 1020. The molecule has 3 rings (SSSR count). The SMILES string of the molecule is COCCN(C(C)=O)c1c(N=Cc2cnccn2)c(O)c2ccccc2c1O. The summed E-state index contributed by atoms with van der Waals surface area (Å²) >= 11 is 0. The molecule has 0 saturated heterocycles. The maximum absolute atomic E-state index is 12.3. The number of ether oxygens (including phenoxy) is 1. The van der Waals surface area contributed by atoms with Gasteiger partial charge in [-0.05, 0) is 0 Å². The summed E-state index contributed by atoms with van der Waals surface area (Å²) in [6.07, 6.45) is 5.97. The molecule has 8 heteroatoms. The van der Waals surface area contributed by atoms with E-state index in [1.165, 1.54) is 43.7 Å². The van der Waals surface area contributed by atoms with E-state index in [4.69, 9.17) is 4.74 Å². The molecule has 0 unspecified atom stereocenters. The van der Waals surface area contributed by atoms with Gasteiger partial charge in [-0.25, -0.2) is 4.99 Å². The molecule has 28 heavy (non-hydrogen) atoms. The third kappa shape index (κ3) is 3.77. The molecule has 8 nitrogen and oxygen atoms in total. The van der Waals surface area contributed by atoms with Gasteiger partial charge in [0.2, 0.25) is 5.91 Å². The Morgan fingerprint density at radius 1 is 1.21 bits per heavy atom. The number of anilines is 1. The number of aromatic nitrogens is 2. The second-order valence-corrected chi connectivity index (χ2v) is 5.99. The lowest BCUT2D eigenvalue weighted by Gasteiger charge is -2.25. The molecule has 0 spiro atoms. The fourth-order valence-corrected chi connectivity index (χ4v) is 2.87. The first-order valence-electron chi connectivity index (χ1n) is 8.58. The van der Waals surface area contributed by atoms with Gasteiger partial charge in [0.15, 0.2) is 5.75 Å². The molecule has 2 N–H and O–H groups in total. The van der Waals surface area contributed by atoms with E-state index in [9.17, 15) is 15.0 Å². The lowest BCUT2D eigenvalue weighted by molar-refractivity contribution is -0.116. The summed E-state index contributed by atoms with van der Waals surface area (Å²) in [6.45, 7) is 1.81. The van der Waals surface area contributed by atoms with Crippen LogP contribution in [0.4, 0.5) is 11.4 Å². The normalized spacial score (nSPS) is 11.2. The lowest BCUT2D eigenvalue weighted by Crippen LogP contribution is -2.32. The van der Waals surface area contributed by atoms with Crippen molar-refractivity contribution < 1.29 is 19.7 Å². The van der Waals surface area contributed by atoms with Crippen LogP contribution < -0.4 is 4.90 Å². The highest BCUT2D eigenvalue weighted by Gasteiger charge is 2.25. The van der Waals surface area contributed by atoms with Crippen LogP contribution in [0.2, 0.25) is 0 Å². The number of amides is 1. The van der Waals surface area contributed by atoms with Crippen molar-refractivity contribution in [2.24, 2.45) is 4.99 Å². The number of benzene rings is 2. The largest absolute Gasteiger partial charge is 0.505 e. The molecule has 0 fully saturated rings. The Morgan fingerprint density at radius 3 is 2.54 bits per heavy atom. The zero-order chi connectivity index (χ0) is 20.1. The van der Waals surface area contributed by atoms with Gasteiger partial charge < -0.3 is 19.8 Å². The first kappa shape index (κ1) is 19.2. The first-order chi connectivity index (χ1) is 13.5. The number of hydrogen-bond acceptors (Lipinski definition) is 7. The van der Waals surface area contributed by atoms with Crippen molar-refractivity contribution in [1.29, 1.82) is 0 Å². The molecule has 0 aliphatic carbocycles. The molecular weight excluding hydrogens is 360 g/mol. The van der Waals surface area contributed by atoms with Crippen LogP contribution in [0.15, 0.2) is 47.8 Å². The van der Waals surface area contributed by atoms with Gasteiger partial charge in [0.25, 0.3) is 0 Å². The molecule has 0 aliphatic heterocycles. The van der Waals surface area contributed by atoms with Gasteiger partial charge in [0.1, 0.15) is 17.1 Å². The lowest BCUT2D eigenvalue weighted by atomic mass is 10.0. The van der Waals surface area contributed by atoms with Gasteiger partial charge in [-0.3, -0.25) is 14.8 Å². The maximum Gasteiger partial charge on any atom is 0.224 e. The number of phenols is 2. The zero-order valence-electron chi connectivity index (χ0n) is 15.5. The van der Waals surface area contributed by atoms with Crippen molar-refractivity contribution in [3.05, 3.63) is 48.5 Å². The Morgan fingerprint density at radius 2 is 1.93 bits per heavy atom. The van der Waals surface area contributed by atoms with E-state index >= 15 is 0 Å². The minimum Gasteiger partial charge on any atom is -0.505 e. The predicted octanol–water partition coefficient (Wildman–Crippen LogP) is 2.79. The summed E-state index contributed by atoms with van der Waals surface area (Å²) in [5.41, 5.74) is 0.640. The van der Waals surface area contributed by atoms with E-state index in [1.54, 1.807) is 24.3 Å². The van der Waals surface area contributed by atoms with Crippen LogP contribution in [0.5, 0.6) is 11.5 Å². The number of aromatic hydroxyl groups is 2. The second-order valence-electron chi connectivity index (χ2n) is 5.99. The van der Waals surface area contributed by atoms with Crippen LogP contribution in [0.25, 0.3) is 10.8 Å². The van der Waals surface area contributed by atoms with Gasteiger partial charge in [-0.15, -0.1) is 0 Å². The number of fused-ring (bicyclic) bond motifs is 1. The molecule has 0 bridgehead atoms. The van der Waals surface area contributed by atoms with Crippen molar-refractivity contribution >= 4 is 34.3 Å². The van der Waals surface area contributed by atoms with E-state index in [2.05, 4.69) is 15.0 Å². The van der Waals surface area contributed by atoms with E-state index in [0.717, 1.165) is 0 Å². The highest BCUT2D eigenvalue weighted by atomic mass is 16.5. The van der Waals surface area contributed by atoms with Gasteiger partial charge in [-0.1, -0.05) is 24.3 Å². The Hall–Kier alpha value is -3.52. The standard InChI is InChI=1S/C20H20N4O4/c1-13(25)24(9-10-28-2)18-17(23-12-14-11-21-7-8-22-14)19(26)15-5-3-4-6-16(15)20(18)27/h3-8,11-12,26-27H,9-10H2,1-2H3. The molecule has 0 aliphatic rings. The minimum atomic E-state index is -0.321. The van der Waals surface area contributed by atoms with Crippen LogP contribution in [0.3, 0.4) is 0 Å². The van der Waals surface area contributed by atoms with Crippen molar-refractivity contribution in [3.63, 3.8) is 0 Å². The van der Waals surface area contributed by atoms with Crippen LogP contribution in [0, 0.1) is 0 Å². The van der Waals surface area contributed by atoms with E-state index in [-0.39, 0.29) is 41.9 Å². The molecule has 3 aromatic rings. The summed E-state index contributed by atoms with van der Waals surface area (Å²) < 4.78 is 5.08. The van der Waals surface area contributed by atoms with E-state index < -0.39 is 0 Å². The number of hydrogen-bond donors (Lipinski definition) is 2. The molecule has 144 valence electrons. The summed E-state index contributed by atoms with van der Waals surface area (Å²) in [5, 5.41) is 22.6. The van der Waals surface area contributed by atoms with Crippen molar-refractivity contribution in [2.45, 2.75) is 6.92 Å². The number of carbonyl (C=O) groups excluding carboxylic acids is 1. The number of rotatable bonds is 6. The van der Waals surface area contributed by atoms with E-state index in [0.29, 0.717) is 16.5 Å². The van der Waals surface area contributed by atoms with E-state index in [1.807, 2.05) is 0 Å². The monoisotopic (exact) mass is 380 g/mol. The Kier molecular flexibility index (Phi) is 5.81. The minimum absolute atomic E-state index is 0.0631. The molecule has 1 amide bonds. The number of methoxy groups -OCH3 is 1. The average Bonchev–Trinajstić information content (AvgIpc) is 2.71. The molecule has 2 aromatic carbocycles. The van der Waals surface area contributed by atoms with Gasteiger partial charge in [0.05, 0.1) is 24.7 Å². The molecule has 1 heterocycles. The first-order valence-corrected chi connectivity index (χ1v) is 8.58. The Labute approximate surface area is 161 Å². The van der Waals surface area contributed by atoms with Gasteiger partial charge in [-0.2, -0.15) is 0 Å². The van der Waals surface area contributed by atoms with Crippen LogP contribution in [-0.4, -0.2) is 52.6 Å². The molecule has 0 atom stereocenters. The number of nitrogens with zero attached hydrogens (tertiary/aromatic N) is 4. The maximum atomic E-state index is 12.3. The molecular formula is C20H20N4O4. The summed E-state index contributed by atoms with van der Waals surface area (Å²) in [5.74, 6) is -0.615. The van der Waals surface area contributed by atoms with Crippen molar-refractivity contribution in [1.82, 2.24) is 9.97 Å². The summed E-state index contributed by atoms with van der Waals surface area (Å²) in [6, 6.07) is 6.81. The number of aliphatic imine (C=N–C) groups is 1. The highest BCUT2D eigenvalue weighted by Crippen LogP contribution is 2.50. The smallest absolute Gasteiger partial charge is 0.224 e. The van der Waals surface area contributed by atoms with Crippen molar-refractivity contribution in [3.8, 4) is 11.5 Å². The van der Waals surface area contributed by atoms with Gasteiger partial charge in [0, 0.05) is 43.7 Å². The third-order valence-corrected chi connectivity index (χ3v) is 4.19. The number of phenolic OH excluding ortho intramolecular Hbond substituents is 2. The molecule has 1 aromatic heterocycles. The average molecular weight is 380 g/mol. The van der Waals surface area contributed by atoms with Gasteiger partial charge >= 0.3 is 0 Å². The Balaban J connectivity index is 2.25. The third-order valence-electron chi connectivity index (χ3n) is 4.19. The zero-order valence-corrected chi connectivity index (χ0v) is 15.5. The van der Waals surface area contributed by atoms with Crippen LogP contribution in [-0.2, 0) is 9.53 Å². The fourth-order valence-electron chi connectivity index (χ4n) is 2.87. The fraction of sp³-hybridized carbons (Fsp3) is 0.200. The predicted molar refractivity (Wildman–Crippen MR) is 106 cm³/mol. The van der Waals surface area contributed by atoms with Crippen LogP contribution in [0.1, 0.15) is 12.6 Å². The topological polar surface area (TPSA) is 108 Å². The van der Waals surface area contributed by atoms with Crippen LogP contribution >= 0.6 is 0 Å². The molecule has 0 radical (unpaired) electrons. The number of carbonyl (C=O) groups is 1. The highest BCUT2D eigenvalue weighted by molar-refractivity contribution is 6.09.